The molecule has 2 nitrogen and oxygen atoms in total. The third-order valence-corrected chi connectivity index (χ3v) is 3.69. The van der Waals surface area contributed by atoms with Gasteiger partial charge in [0, 0.05) is 0 Å². The Balaban J connectivity index is 1.77. The van der Waals surface area contributed by atoms with Crippen LogP contribution in [0.5, 0.6) is 0 Å². The molecule has 0 amide bonds. The summed E-state index contributed by atoms with van der Waals surface area (Å²) in [5.74, 6) is 2.49. The zero-order valence-corrected chi connectivity index (χ0v) is 8.08. The zero-order valence-electron chi connectivity index (χ0n) is 8.08. The quantitative estimate of drug-likeness (QED) is 0.626. The van der Waals surface area contributed by atoms with E-state index in [1.807, 2.05) is 0 Å². The minimum atomic E-state index is 0.589. The van der Waals surface area contributed by atoms with Crippen LogP contribution in [0.4, 0.5) is 0 Å². The molecule has 0 spiro atoms. The van der Waals surface area contributed by atoms with E-state index in [-0.39, 0.29) is 0 Å². The van der Waals surface area contributed by atoms with Crippen LogP contribution in [0.1, 0.15) is 38.5 Å². The van der Waals surface area contributed by atoms with Crippen LogP contribution in [-0.2, 0) is 9.53 Å². The average Bonchev–Trinajstić information content (AvgIpc) is 2.72. The lowest BCUT2D eigenvalue weighted by Gasteiger charge is -2.05. The van der Waals surface area contributed by atoms with Gasteiger partial charge in [0.2, 0.25) is 0 Å². The van der Waals surface area contributed by atoms with E-state index < -0.39 is 0 Å². The van der Waals surface area contributed by atoms with E-state index in [9.17, 15) is 4.79 Å². The molecule has 0 aromatic heterocycles. The van der Waals surface area contributed by atoms with Gasteiger partial charge in [-0.1, -0.05) is 25.7 Å². The highest BCUT2D eigenvalue weighted by Gasteiger charge is 2.49. The Morgan fingerprint density at radius 3 is 2.23 bits per heavy atom. The fraction of sp³-hybridized carbons (Fsp3) is 0.909. The van der Waals surface area contributed by atoms with Crippen molar-refractivity contribution in [1.82, 2.24) is 0 Å². The van der Waals surface area contributed by atoms with Crippen molar-refractivity contribution < 1.29 is 9.53 Å². The second-order valence-electron chi connectivity index (χ2n) is 4.41. The predicted molar refractivity (Wildman–Crippen MR) is 50.2 cm³/mol. The Kier molecular flexibility index (Phi) is 2.87. The Hall–Kier alpha value is -0.530. The van der Waals surface area contributed by atoms with Gasteiger partial charge in [-0.2, -0.15) is 0 Å². The first kappa shape index (κ1) is 9.04. The van der Waals surface area contributed by atoms with Crippen LogP contribution in [-0.4, -0.2) is 13.1 Å². The van der Waals surface area contributed by atoms with Crippen LogP contribution in [0, 0.1) is 17.8 Å². The number of hydrogen-bond donors (Lipinski definition) is 0. The van der Waals surface area contributed by atoms with Crippen molar-refractivity contribution in [3.05, 3.63) is 0 Å². The summed E-state index contributed by atoms with van der Waals surface area (Å²) < 4.78 is 4.85. The number of hydrogen-bond acceptors (Lipinski definition) is 2. The highest BCUT2D eigenvalue weighted by atomic mass is 16.5. The first-order valence-corrected chi connectivity index (χ1v) is 5.48. The van der Waals surface area contributed by atoms with Gasteiger partial charge in [0.1, 0.15) is 0 Å². The lowest BCUT2D eigenvalue weighted by molar-refractivity contribution is -0.129. The third kappa shape index (κ3) is 2.04. The van der Waals surface area contributed by atoms with Crippen LogP contribution < -0.4 is 0 Å². The smallest absolute Gasteiger partial charge is 0.293 e. The molecule has 0 aromatic carbocycles. The number of rotatable bonds is 3. The van der Waals surface area contributed by atoms with Gasteiger partial charge in [-0.25, -0.2) is 0 Å². The monoisotopic (exact) mass is 182 g/mol. The fourth-order valence-electron chi connectivity index (χ4n) is 2.89. The first-order chi connectivity index (χ1) is 6.43. The molecule has 2 saturated carbocycles. The molecule has 2 fully saturated rings. The molecule has 2 unspecified atom stereocenters. The van der Waals surface area contributed by atoms with E-state index >= 15 is 0 Å². The van der Waals surface area contributed by atoms with Crippen molar-refractivity contribution in [1.29, 1.82) is 0 Å². The van der Waals surface area contributed by atoms with Crippen LogP contribution >= 0.6 is 0 Å². The zero-order chi connectivity index (χ0) is 9.10. The highest BCUT2D eigenvalue weighted by molar-refractivity contribution is 5.37. The van der Waals surface area contributed by atoms with Crippen molar-refractivity contribution in [3.8, 4) is 0 Å². The summed E-state index contributed by atoms with van der Waals surface area (Å²) >= 11 is 0. The van der Waals surface area contributed by atoms with Gasteiger partial charge in [-0.05, 0) is 30.6 Å². The van der Waals surface area contributed by atoms with Crippen molar-refractivity contribution in [2.24, 2.45) is 17.8 Å². The maximum absolute atomic E-state index is 10.1. The van der Waals surface area contributed by atoms with Gasteiger partial charge in [0.25, 0.3) is 6.47 Å². The molecule has 0 heterocycles. The van der Waals surface area contributed by atoms with E-state index in [1.54, 1.807) is 0 Å². The standard InChI is InChI=1S/C11H18O2/c12-8-13-7-11-9-5-3-1-2-4-6-10(9)11/h8-11H,1-7H2. The van der Waals surface area contributed by atoms with Gasteiger partial charge < -0.3 is 4.74 Å². The molecule has 0 saturated heterocycles. The van der Waals surface area contributed by atoms with Crippen molar-refractivity contribution in [2.75, 3.05) is 6.61 Å². The van der Waals surface area contributed by atoms with Crippen LogP contribution in [0.3, 0.4) is 0 Å². The van der Waals surface area contributed by atoms with Crippen molar-refractivity contribution in [3.63, 3.8) is 0 Å². The molecule has 2 aliphatic rings. The van der Waals surface area contributed by atoms with Crippen LogP contribution in [0.25, 0.3) is 0 Å². The molecule has 0 aromatic rings. The number of carbonyl (C=O) groups is 1. The number of fused-ring (bicyclic) bond motifs is 1. The van der Waals surface area contributed by atoms with Crippen molar-refractivity contribution in [2.45, 2.75) is 38.5 Å². The second kappa shape index (κ2) is 4.12. The van der Waals surface area contributed by atoms with Gasteiger partial charge in [-0.15, -0.1) is 0 Å². The van der Waals surface area contributed by atoms with E-state index in [2.05, 4.69) is 0 Å². The van der Waals surface area contributed by atoms with E-state index in [4.69, 9.17) is 4.74 Å². The number of ether oxygens (including phenoxy) is 1. The summed E-state index contributed by atoms with van der Waals surface area (Å²) in [4.78, 5) is 10.1. The maximum atomic E-state index is 10.1. The molecule has 2 aliphatic carbocycles. The summed E-state index contributed by atoms with van der Waals surface area (Å²) in [6.07, 6.45) is 8.33. The molecular formula is C11H18O2. The molecule has 0 aliphatic heterocycles. The van der Waals surface area contributed by atoms with E-state index in [0.29, 0.717) is 19.0 Å². The normalized spacial score (nSPS) is 38.3. The number of carbonyl (C=O) groups excluding carboxylic acids is 1. The highest BCUT2D eigenvalue weighted by Crippen LogP contribution is 2.53. The van der Waals surface area contributed by atoms with Gasteiger partial charge in [0.05, 0.1) is 6.61 Å². The second-order valence-corrected chi connectivity index (χ2v) is 4.41. The minimum absolute atomic E-state index is 0.589. The Morgan fingerprint density at radius 1 is 1.08 bits per heavy atom. The molecule has 0 radical (unpaired) electrons. The molecule has 13 heavy (non-hydrogen) atoms. The third-order valence-electron chi connectivity index (χ3n) is 3.69. The topological polar surface area (TPSA) is 26.3 Å². The SMILES string of the molecule is O=COCC1C2CCCCCCC21. The summed E-state index contributed by atoms with van der Waals surface area (Å²) in [7, 11) is 0. The molecule has 2 rings (SSSR count). The van der Waals surface area contributed by atoms with Gasteiger partial charge in [-0.3, -0.25) is 4.79 Å². The molecule has 0 bridgehead atoms. The fourth-order valence-corrected chi connectivity index (χ4v) is 2.89. The molecular weight excluding hydrogens is 164 g/mol. The van der Waals surface area contributed by atoms with E-state index in [0.717, 1.165) is 11.8 Å². The largest absolute Gasteiger partial charge is 0.468 e. The minimum Gasteiger partial charge on any atom is -0.468 e. The molecule has 0 N–H and O–H groups in total. The Bertz CT molecular complexity index is 165. The van der Waals surface area contributed by atoms with E-state index in [1.165, 1.54) is 38.5 Å². The summed E-state index contributed by atoms with van der Waals surface area (Å²) in [5, 5.41) is 0. The predicted octanol–water partition coefficient (Wildman–Crippen LogP) is 2.38. The first-order valence-electron chi connectivity index (χ1n) is 5.48. The summed E-state index contributed by atoms with van der Waals surface area (Å²) in [6, 6.07) is 0. The maximum Gasteiger partial charge on any atom is 0.293 e. The van der Waals surface area contributed by atoms with Gasteiger partial charge in [0.15, 0.2) is 0 Å². The Labute approximate surface area is 79.7 Å². The summed E-state index contributed by atoms with van der Waals surface area (Å²) in [6.45, 7) is 1.27. The Morgan fingerprint density at radius 2 is 1.69 bits per heavy atom. The molecule has 2 heteroatoms. The average molecular weight is 182 g/mol. The van der Waals surface area contributed by atoms with Crippen molar-refractivity contribution >= 4 is 6.47 Å². The summed E-state index contributed by atoms with van der Waals surface area (Å²) in [5.41, 5.74) is 0. The lowest BCUT2D eigenvalue weighted by Crippen LogP contribution is -1.96. The van der Waals surface area contributed by atoms with Gasteiger partial charge >= 0.3 is 0 Å². The van der Waals surface area contributed by atoms with Crippen LogP contribution in [0.2, 0.25) is 0 Å². The van der Waals surface area contributed by atoms with Crippen LogP contribution in [0.15, 0.2) is 0 Å². The molecule has 74 valence electrons. The lowest BCUT2D eigenvalue weighted by atomic mass is 10.0. The molecule has 2 atom stereocenters.